The zero-order valence-corrected chi connectivity index (χ0v) is 13.1. The maximum absolute atomic E-state index is 12.0. The second-order valence-corrected chi connectivity index (χ2v) is 6.69. The van der Waals surface area contributed by atoms with Crippen LogP contribution in [0.25, 0.3) is 0 Å². The normalized spacial score (nSPS) is 19.3. The Morgan fingerprint density at radius 1 is 1.17 bits per heavy atom. The predicted octanol–water partition coefficient (Wildman–Crippen LogP) is 2.67. The molecular formula is C14H28N2OS. The third-order valence-corrected chi connectivity index (χ3v) is 4.67. The lowest BCUT2D eigenvalue weighted by molar-refractivity contribution is -0.133. The van der Waals surface area contributed by atoms with Gasteiger partial charge in [-0.1, -0.05) is 20.3 Å². The molecule has 1 saturated heterocycles. The van der Waals surface area contributed by atoms with Crippen LogP contribution in [-0.2, 0) is 4.79 Å². The van der Waals surface area contributed by atoms with E-state index in [0.717, 1.165) is 45.4 Å². The minimum atomic E-state index is 0.354. The van der Waals surface area contributed by atoms with Crippen LogP contribution in [0.4, 0.5) is 0 Å². The molecule has 0 aromatic rings. The van der Waals surface area contributed by atoms with Crippen LogP contribution < -0.4 is 0 Å². The number of amides is 1. The Morgan fingerprint density at radius 2 is 1.78 bits per heavy atom. The average molecular weight is 272 g/mol. The summed E-state index contributed by atoms with van der Waals surface area (Å²) in [5.74, 6) is 1.06. The number of thioether (sulfide) groups is 1. The fourth-order valence-electron chi connectivity index (χ4n) is 2.30. The lowest BCUT2D eigenvalue weighted by atomic mass is 10.1. The van der Waals surface area contributed by atoms with Gasteiger partial charge < -0.3 is 4.90 Å². The fraction of sp³-hybridized carbons (Fsp3) is 0.929. The molecule has 0 aromatic heterocycles. The van der Waals surface area contributed by atoms with E-state index < -0.39 is 0 Å². The van der Waals surface area contributed by atoms with E-state index in [0.29, 0.717) is 17.2 Å². The minimum Gasteiger partial charge on any atom is -0.340 e. The standard InChI is InChI=1S/C14H28N2OS/c1-12(2)6-5-7-14(17)16-10-8-15(9-11-16)13(3)18-4/h12-13H,5-11H2,1-4H3. The van der Waals surface area contributed by atoms with Crippen LogP contribution in [0.15, 0.2) is 0 Å². The van der Waals surface area contributed by atoms with Gasteiger partial charge in [-0.3, -0.25) is 9.69 Å². The van der Waals surface area contributed by atoms with E-state index in [2.05, 4.69) is 31.9 Å². The zero-order chi connectivity index (χ0) is 13.5. The van der Waals surface area contributed by atoms with Gasteiger partial charge in [0.05, 0.1) is 5.37 Å². The molecule has 1 atom stereocenters. The molecule has 3 nitrogen and oxygen atoms in total. The summed E-state index contributed by atoms with van der Waals surface area (Å²) in [6.45, 7) is 10.5. The van der Waals surface area contributed by atoms with Crippen LogP contribution in [0.3, 0.4) is 0 Å². The van der Waals surface area contributed by atoms with Crippen LogP contribution in [0.2, 0.25) is 0 Å². The highest BCUT2D eigenvalue weighted by atomic mass is 32.2. The van der Waals surface area contributed by atoms with Gasteiger partial charge in [-0.05, 0) is 25.5 Å². The van der Waals surface area contributed by atoms with Gasteiger partial charge in [0.15, 0.2) is 0 Å². The molecule has 1 unspecified atom stereocenters. The lowest BCUT2D eigenvalue weighted by Gasteiger charge is -2.37. The van der Waals surface area contributed by atoms with Crippen molar-refractivity contribution in [2.75, 3.05) is 32.4 Å². The van der Waals surface area contributed by atoms with Crippen molar-refractivity contribution in [1.82, 2.24) is 9.80 Å². The van der Waals surface area contributed by atoms with Gasteiger partial charge >= 0.3 is 0 Å². The number of rotatable bonds is 6. The minimum absolute atomic E-state index is 0.354. The highest BCUT2D eigenvalue weighted by Gasteiger charge is 2.23. The number of piperazine rings is 1. The molecule has 1 amide bonds. The lowest BCUT2D eigenvalue weighted by Crippen LogP contribution is -2.50. The van der Waals surface area contributed by atoms with Gasteiger partial charge in [0.25, 0.3) is 0 Å². The van der Waals surface area contributed by atoms with Crippen molar-refractivity contribution in [2.45, 2.75) is 45.4 Å². The van der Waals surface area contributed by atoms with E-state index in [1.165, 1.54) is 0 Å². The molecule has 1 aliphatic rings. The highest BCUT2D eigenvalue weighted by Crippen LogP contribution is 2.15. The molecule has 0 N–H and O–H groups in total. The Bertz CT molecular complexity index is 250. The van der Waals surface area contributed by atoms with Crippen molar-refractivity contribution in [2.24, 2.45) is 5.92 Å². The monoisotopic (exact) mass is 272 g/mol. The van der Waals surface area contributed by atoms with E-state index in [9.17, 15) is 4.79 Å². The Labute approximate surface area is 116 Å². The highest BCUT2D eigenvalue weighted by molar-refractivity contribution is 7.99. The van der Waals surface area contributed by atoms with Crippen LogP contribution in [0, 0.1) is 5.92 Å². The van der Waals surface area contributed by atoms with Crippen molar-refractivity contribution in [1.29, 1.82) is 0 Å². The number of hydrogen-bond donors (Lipinski definition) is 0. The summed E-state index contributed by atoms with van der Waals surface area (Å²) in [5.41, 5.74) is 0. The van der Waals surface area contributed by atoms with E-state index in [1.54, 1.807) is 0 Å². The predicted molar refractivity (Wildman–Crippen MR) is 79.8 cm³/mol. The van der Waals surface area contributed by atoms with Gasteiger partial charge in [0.2, 0.25) is 5.91 Å². The average Bonchev–Trinajstić information content (AvgIpc) is 2.37. The molecule has 0 spiro atoms. The Balaban J connectivity index is 2.23. The molecule has 106 valence electrons. The second-order valence-electron chi connectivity index (χ2n) is 5.54. The van der Waals surface area contributed by atoms with E-state index in [4.69, 9.17) is 0 Å². The van der Waals surface area contributed by atoms with Crippen molar-refractivity contribution in [3.05, 3.63) is 0 Å². The largest absolute Gasteiger partial charge is 0.340 e. The Hall–Kier alpha value is -0.220. The van der Waals surface area contributed by atoms with Crippen molar-refractivity contribution >= 4 is 17.7 Å². The molecule has 4 heteroatoms. The van der Waals surface area contributed by atoms with Crippen molar-refractivity contribution < 1.29 is 4.79 Å². The maximum atomic E-state index is 12.0. The van der Waals surface area contributed by atoms with Gasteiger partial charge in [-0.2, -0.15) is 0 Å². The van der Waals surface area contributed by atoms with Crippen LogP contribution in [0.5, 0.6) is 0 Å². The molecule has 1 aliphatic heterocycles. The van der Waals surface area contributed by atoms with Crippen LogP contribution in [-0.4, -0.2) is 53.5 Å². The molecule has 0 aliphatic carbocycles. The van der Waals surface area contributed by atoms with Crippen LogP contribution in [0.1, 0.15) is 40.0 Å². The van der Waals surface area contributed by atoms with Crippen molar-refractivity contribution in [3.8, 4) is 0 Å². The Kier molecular flexibility index (Phi) is 7.08. The summed E-state index contributed by atoms with van der Waals surface area (Å²) in [4.78, 5) is 16.5. The van der Waals surface area contributed by atoms with Gasteiger partial charge in [-0.25, -0.2) is 0 Å². The first-order valence-corrected chi connectivity index (χ1v) is 8.38. The summed E-state index contributed by atoms with van der Waals surface area (Å²) in [7, 11) is 0. The maximum Gasteiger partial charge on any atom is 0.222 e. The van der Waals surface area contributed by atoms with Gasteiger partial charge in [0, 0.05) is 32.6 Å². The molecule has 0 radical (unpaired) electrons. The molecule has 1 heterocycles. The molecule has 0 saturated carbocycles. The SMILES string of the molecule is CSC(C)N1CCN(C(=O)CCCC(C)C)CC1. The number of carbonyl (C=O) groups is 1. The topological polar surface area (TPSA) is 23.6 Å². The quantitative estimate of drug-likeness (QED) is 0.743. The molecule has 1 fully saturated rings. The molecule has 1 rings (SSSR count). The van der Waals surface area contributed by atoms with E-state index in [-0.39, 0.29) is 0 Å². The first kappa shape index (κ1) is 15.8. The smallest absolute Gasteiger partial charge is 0.222 e. The summed E-state index contributed by atoms with van der Waals surface area (Å²) in [6.07, 6.45) is 5.08. The summed E-state index contributed by atoms with van der Waals surface area (Å²) < 4.78 is 0. The van der Waals surface area contributed by atoms with E-state index in [1.807, 2.05) is 16.7 Å². The second kappa shape index (κ2) is 8.05. The number of carbonyl (C=O) groups excluding carboxylic acids is 1. The zero-order valence-electron chi connectivity index (χ0n) is 12.3. The van der Waals surface area contributed by atoms with Gasteiger partial charge in [-0.15, -0.1) is 11.8 Å². The molecular weight excluding hydrogens is 244 g/mol. The molecule has 18 heavy (non-hydrogen) atoms. The number of nitrogens with zero attached hydrogens (tertiary/aromatic N) is 2. The molecule has 0 aromatic carbocycles. The summed E-state index contributed by atoms with van der Waals surface area (Å²) in [5, 5.41) is 0.572. The molecule has 0 bridgehead atoms. The third kappa shape index (κ3) is 5.19. The third-order valence-electron chi connectivity index (χ3n) is 3.69. The van der Waals surface area contributed by atoms with E-state index >= 15 is 0 Å². The summed E-state index contributed by atoms with van der Waals surface area (Å²) >= 11 is 1.88. The van der Waals surface area contributed by atoms with Crippen molar-refractivity contribution in [3.63, 3.8) is 0 Å². The number of hydrogen-bond acceptors (Lipinski definition) is 3. The van der Waals surface area contributed by atoms with Gasteiger partial charge in [0.1, 0.15) is 0 Å². The Morgan fingerprint density at radius 3 is 2.28 bits per heavy atom. The van der Waals surface area contributed by atoms with Crippen LogP contribution >= 0.6 is 11.8 Å². The summed E-state index contributed by atoms with van der Waals surface area (Å²) in [6, 6.07) is 0. The first-order chi connectivity index (χ1) is 8.54. The fourth-order valence-corrected chi connectivity index (χ4v) is 2.81. The first-order valence-electron chi connectivity index (χ1n) is 7.09.